The van der Waals surface area contributed by atoms with Gasteiger partial charge in [0.15, 0.2) is 0 Å². The van der Waals surface area contributed by atoms with Crippen LogP contribution >= 0.6 is 0 Å². The van der Waals surface area contributed by atoms with Crippen molar-refractivity contribution in [2.45, 2.75) is 31.4 Å². The molecule has 1 N–H and O–H groups in total. The van der Waals surface area contributed by atoms with Gasteiger partial charge in [0, 0.05) is 25.0 Å². The van der Waals surface area contributed by atoms with Crippen molar-refractivity contribution in [3.63, 3.8) is 0 Å². The van der Waals surface area contributed by atoms with Crippen LogP contribution in [0.4, 0.5) is 5.82 Å². The molecule has 0 spiro atoms. The summed E-state index contributed by atoms with van der Waals surface area (Å²) in [5.74, 6) is 0.912. The standard InChI is InChI=1S/C16H19N3O/c20-15(13-5-2-1-3-6-13)11-14-7-4-10-19(14)16-12-17-8-9-18-16/h1-3,5-6,8-9,12,14-15,20H,4,7,10-11H2. The van der Waals surface area contributed by atoms with Crippen molar-refractivity contribution in [2.24, 2.45) is 0 Å². The molecule has 1 aliphatic rings. The summed E-state index contributed by atoms with van der Waals surface area (Å²) in [7, 11) is 0. The first-order valence-corrected chi connectivity index (χ1v) is 7.10. The third kappa shape index (κ3) is 2.80. The van der Waals surface area contributed by atoms with E-state index in [9.17, 15) is 5.11 Å². The number of hydrogen-bond donors (Lipinski definition) is 1. The normalized spacial score (nSPS) is 20.1. The summed E-state index contributed by atoms with van der Waals surface area (Å²) < 4.78 is 0. The summed E-state index contributed by atoms with van der Waals surface area (Å²) in [5, 5.41) is 10.4. The van der Waals surface area contributed by atoms with Gasteiger partial charge in [-0.25, -0.2) is 4.98 Å². The quantitative estimate of drug-likeness (QED) is 0.926. The largest absolute Gasteiger partial charge is 0.388 e. The zero-order valence-electron chi connectivity index (χ0n) is 11.4. The zero-order valence-corrected chi connectivity index (χ0v) is 11.4. The Morgan fingerprint density at radius 2 is 2.10 bits per heavy atom. The van der Waals surface area contributed by atoms with Gasteiger partial charge in [0.05, 0.1) is 12.3 Å². The fourth-order valence-electron chi connectivity index (χ4n) is 2.89. The number of benzene rings is 1. The minimum absolute atomic E-state index is 0.335. The molecule has 20 heavy (non-hydrogen) atoms. The molecule has 1 saturated heterocycles. The van der Waals surface area contributed by atoms with Crippen LogP contribution in [-0.2, 0) is 0 Å². The van der Waals surface area contributed by atoms with Gasteiger partial charge in [-0.3, -0.25) is 4.98 Å². The molecule has 4 nitrogen and oxygen atoms in total. The third-order valence-corrected chi connectivity index (χ3v) is 3.90. The van der Waals surface area contributed by atoms with Crippen LogP contribution in [0, 0.1) is 0 Å². The van der Waals surface area contributed by atoms with Crippen molar-refractivity contribution in [1.82, 2.24) is 9.97 Å². The van der Waals surface area contributed by atoms with Crippen LogP contribution in [0.25, 0.3) is 0 Å². The van der Waals surface area contributed by atoms with Gasteiger partial charge in [-0.15, -0.1) is 0 Å². The highest BCUT2D eigenvalue weighted by Gasteiger charge is 2.28. The van der Waals surface area contributed by atoms with Crippen LogP contribution in [0.15, 0.2) is 48.9 Å². The Balaban J connectivity index is 1.70. The lowest BCUT2D eigenvalue weighted by Gasteiger charge is -2.27. The molecular weight excluding hydrogens is 250 g/mol. The molecule has 1 aromatic heterocycles. The Kier molecular flexibility index (Phi) is 3.92. The van der Waals surface area contributed by atoms with Gasteiger partial charge in [-0.1, -0.05) is 30.3 Å². The number of nitrogens with zero attached hydrogens (tertiary/aromatic N) is 3. The summed E-state index contributed by atoms with van der Waals surface area (Å²) in [4.78, 5) is 10.8. The van der Waals surface area contributed by atoms with Crippen molar-refractivity contribution in [2.75, 3.05) is 11.4 Å². The fourth-order valence-corrected chi connectivity index (χ4v) is 2.89. The SMILES string of the molecule is OC(CC1CCCN1c1cnccn1)c1ccccc1. The van der Waals surface area contributed by atoms with Gasteiger partial charge in [0.25, 0.3) is 0 Å². The lowest BCUT2D eigenvalue weighted by molar-refractivity contribution is 0.158. The third-order valence-electron chi connectivity index (χ3n) is 3.90. The number of rotatable bonds is 4. The molecule has 1 aliphatic heterocycles. The molecular formula is C16H19N3O. The highest BCUT2D eigenvalue weighted by molar-refractivity contribution is 5.38. The minimum Gasteiger partial charge on any atom is -0.388 e. The molecule has 4 heteroatoms. The number of anilines is 1. The first-order valence-electron chi connectivity index (χ1n) is 7.10. The van der Waals surface area contributed by atoms with Crippen LogP contribution in [0.1, 0.15) is 30.9 Å². The predicted octanol–water partition coefficient (Wildman–Crippen LogP) is 2.57. The molecule has 1 fully saturated rings. The molecule has 1 aromatic carbocycles. The summed E-state index contributed by atoms with van der Waals surface area (Å²) in [5.41, 5.74) is 0.985. The maximum Gasteiger partial charge on any atom is 0.147 e. The van der Waals surface area contributed by atoms with Gasteiger partial charge in [0.2, 0.25) is 0 Å². The van der Waals surface area contributed by atoms with Gasteiger partial charge in [0.1, 0.15) is 5.82 Å². The smallest absolute Gasteiger partial charge is 0.147 e. The highest BCUT2D eigenvalue weighted by Crippen LogP contribution is 2.29. The van der Waals surface area contributed by atoms with Gasteiger partial charge >= 0.3 is 0 Å². The Labute approximate surface area is 119 Å². The molecule has 0 amide bonds. The van der Waals surface area contributed by atoms with Crippen LogP contribution in [0.5, 0.6) is 0 Å². The molecule has 2 heterocycles. The van der Waals surface area contributed by atoms with E-state index in [0.29, 0.717) is 6.04 Å². The topological polar surface area (TPSA) is 49.2 Å². The Morgan fingerprint density at radius 1 is 1.25 bits per heavy atom. The summed E-state index contributed by atoms with van der Waals surface area (Å²) in [6.45, 7) is 0.991. The van der Waals surface area contributed by atoms with Gasteiger partial charge in [-0.05, 0) is 24.8 Å². The van der Waals surface area contributed by atoms with E-state index >= 15 is 0 Å². The molecule has 0 radical (unpaired) electrons. The van der Waals surface area contributed by atoms with Crippen molar-refractivity contribution < 1.29 is 5.11 Å². The van der Waals surface area contributed by atoms with E-state index < -0.39 is 6.10 Å². The molecule has 0 saturated carbocycles. The van der Waals surface area contributed by atoms with Crippen molar-refractivity contribution in [3.05, 3.63) is 54.5 Å². The van der Waals surface area contributed by atoms with Crippen molar-refractivity contribution in [1.29, 1.82) is 0 Å². The van der Waals surface area contributed by atoms with Crippen molar-refractivity contribution in [3.8, 4) is 0 Å². The van der Waals surface area contributed by atoms with E-state index in [4.69, 9.17) is 0 Å². The monoisotopic (exact) mass is 269 g/mol. The highest BCUT2D eigenvalue weighted by atomic mass is 16.3. The number of aromatic nitrogens is 2. The van der Waals surface area contributed by atoms with E-state index in [1.54, 1.807) is 18.6 Å². The lowest BCUT2D eigenvalue weighted by Crippen LogP contribution is -2.31. The summed E-state index contributed by atoms with van der Waals surface area (Å²) >= 11 is 0. The molecule has 2 unspecified atom stereocenters. The van der Waals surface area contributed by atoms with Crippen LogP contribution in [-0.4, -0.2) is 27.7 Å². The molecule has 2 atom stereocenters. The number of hydrogen-bond acceptors (Lipinski definition) is 4. The van der Waals surface area contributed by atoms with E-state index in [1.165, 1.54) is 0 Å². The minimum atomic E-state index is -0.418. The van der Waals surface area contributed by atoms with E-state index in [1.807, 2.05) is 30.3 Å². The fraction of sp³-hybridized carbons (Fsp3) is 0.375. The van der Waals surface area contributed by atoms with E-state index in [2.05, 4.69) is 14.9 Å². The first-order chi connectivity index (χ1) is 9.84. The number of aliphatic hydroxyl groups excluding tert-OH is 1. The second-order valence-electron chi connectivity index (χ2n) is 5.22. The van der Waals surface area contributed by atoms with E-state index in [-0.39, 0.29) is 0 Å². The average molecular weight is 269 g/mol. The van der Waals surface area contributed by atoms with Crippen molar-refractivity contribution >= 4 is 5.82 Å². The van der Waals surface area contributed by atoms with Gasteiger partial charge < -0.3 is 10.0 Å². The maximum absolute atomic E-state index is 10.4. The second-order valence-corrected chi connectivity index (χ2v) is 5.22. The van der Waals surface area contributed by atoms with Crippen LogP contribution in [0.2, 0.25) is 0 Å². The first kappa shape index (κ1) is 13.1. The average Bonchev–Trinajstić information content (AvgIpc) is 2.97. The second kappa shape index (κ2) is 6.01. The molecule has 0 aliphatic carbocycles. The Bertz CT molecular complexity index is 532. The Hall–Kier alpha value is -1.94. The maximum atomic E-state index is 10.4. The molecule has 104 valence electrons. The molecule has 2 aromatic rings. The van der Waals surface area contributed by atoms with Gasteiger partial charge in [-0.2, -0.15) is 0 Å². The number of aliphatic hydroxyl groups is 1. The van der Waals surface area contributed by atoms with Crippen LogP contribution in [0.3, 0.4) is 0 Å². The summed E-state index contributed by atoms with van der Waals surface area (Å²) in [6.07, 6.45) is 7.77. The lowest BCUT2D eigenvalue weighted by atomic mass is 10.0. The van der Waals surface area contributed by atoms with Crippen LogP contribution < -0.4 is 4.90 Å². The van der Waals surface area contributed by atoms with E-state index in [0.717, 1.165) is 37.2 Å². The predicted molar refractivity (Wildman–Crippen MR) is 78.4 cm³/mol. The molecule has 3 rings (SSSR count). The zero-order chi connectivity index (χ0) is 13.8. The molecule has 0 bridgehead atoms. The summed E-state index contributed by atoms with van der Waals surface area (Å²) in [6, 6.07) is 10.2. The Morgan fingerprint density at radius 3 is 2.85 bits per heavy atom.